The predicted molar refractivity (Wildman–Crippen MR) is 129 cm³/mol. The second kappa shape index (κ2) is 14.7. The van der Waals surface area contributed by atoms with Crippen LogP contribution < -0.4 is 0 Å². The zero-order valence-corrected chi connectivity index (χ0v) is 21.0. The summed E-state index contributed by atoms with van der Waals surface area (Å²) >= 11 is 0. The second-order valence-corrected chi connectivity index (χ2v) is 9.85. The van der Waals surface area contributed by atoms with Crippen molar-refractivity contribution in [2.24, 2.45) is 11.8 Å². The van der Waals surface area contributed by atoms with Crippen LogP contribution in [0.1, 0.15) is 65.7 Å². The van der Waals surface area contributed by atoms with Gasteiger partial charge in [0, 0.05) is 24.3 Å². The summed E-state index contributed by atoms with van der Waals surface area (Å²) in [5.74, 6) is -1.50. The lowest BCUT2D eigenvalue weighted by Gasteiger charge is -2.38. The van der Waals surface area contributed by atoms with E-state index in [4.69, 9.17) is 19.3 Å². The van der Waals surface area contributed by atoms with E-state index in [0.717, 1.165) is 12.8 Å². The molecule has 0 aromatic rings. The maximum absolute atomic E-state index is 12.0. The predicted octanol–water partition coefficient (Wildman–Crippen LogP) is 2.37. The molecule has 0 bridgehead atoms. The van der Waals surface area contributed by atoms with Crippen molar-refractivity contribution in [1.29, 1.82) is 0 Å². The average Bonchev–Trinajstić information content (AvgIpc) is 3.55. The Morgan fingerprint density at radius 3 is 2.49 bits per heavy atom. The summed E-state index contributed by atoms with van der Waals surface area (Å²) in [6.45, 7) is 6.01. The summed E-state index contributed by atoms with van der Waals surface area (Å²) in [7, 11) is 0. The average molecular weight is 499 g/mol. The number of carboxylic acid groups (broad SMARTS) is 1. The molecule has 8 unspecified atom stereocenters. The lowest BCUT2D eigenvalue weighted by Crippen LogP contribution is -2.50. The molecule has 0 amide bonds. The standard InChI is InChI=1S/C26H42O9/c1-16(13-23(30)33-11-9-7-5-4-6-8-10-22(28)29)12-20-25(32)24(31)19(15-34-20)14-21-26(35-21)17(2)18(3)27/h4,6,13,17-21,24-27,31-32H,5,7-12,14-15H2,1-3H3,(H,28,29). The number of carbonyl (C=O) groups is 2. The van der Waals surface area contributed by atoms with Crippen LogP contribution >= 0.6 is 0 Å². The molecule has 0 radical (unpaired) electrons. The number of epoxide rings is 1. The number of unbranched alkanes of at least 4 members (excludes halogenated alkanes) is 2. The molecule has 0 spiro atoms. The molecule has 2 aliphatic heterocycles. The number of esters is 1. The highest BCUT2D eigenvalue weighted by Crippen LogP contribution is 2.38. The first-order valence-corrected chi connectivity index (χ1v) is 12.6. The van der Waals surface area contributed by atoms with Gasteiger partial charge in [0.2, 0.25) is 0 Å². The molecule has 0 aromatic carbocycles. The van der Waals surface area contributed by atoms with Gasteiger partial charge < -0.3 is 34.6 Å². The molecule has 2 heterocycles. The number of carboxylic acids is 1. The number of hydrogen-bond donors (Lipinski definition) is 4. The summed E-state index contributed by atoms with van der Waals surface area (Å²) in [5, 5.41) is 39.4. The zero-order valence-electron chi connectivity index (χ0n) is 21.0. The minimum absolute atomic E-state index is 0.0131. The molecule has 8 atom stereocenters. The van der Waals surface area contributed by atoms with Crippen molar-refractivity contribution >= 4 is 11.9 Å². The molecule has 200 valence electrons. The van der Waals surface area contributed by atoms with Gasteiger partial charge in [-0.1, -0.05) is 24.6 Å². The molecule has 0 aliphatic carbocycles. The van der Waals surface area contributed by atoms with E-state index in [9.17, 15) is 24.9 Å². The smallest absolute Gasteiger partial charge is 0.330 e. The number of ether oxygens (including phenoxy) is 3. The number of allylic oxidation sites excluding steroid dienone is 2. The van der Waals surface area contributed by atoms with Gasteiger partial charge in [0.05, 0.1) is 43.7 Å². The normalized spacial score (nSPS) is 30.7. The monoisotopic (exact) mass is 498 g/mol. The van der Waals surface area contributed by atoms with Crippen molar-refractivity contribution in [3.05, 3.63) is 23.8 Å². The first kappa shape index (κ1) is 29.5. The topological polar surface area (TPSA) is 146 Å². The molecule has 2 aliphatic rings. The van der Waals surface area contributed by atoms with Crippen LogP contribution in [-0.4, -0.2) is 82.2 Å². The van der Waals surface area contributed by atoms with Crippen LogP contribution in [0.15, 0.2) is 23.8 Å². The van der Waals surface area contributed by atoms with Gasteiger partial charge in [-0.05, 0) is 52.4 Å². The van der Waals surface area contributed by atoms with Gasteiger partial charge in [-0.15, -0.1) is 0 Å². The molecule has 4 N–H and O–H groups in total. The van der Waals surface area contributed by atoms with Gasteiger partial charge in [-0.25, -0.2) is 4.79 Å². The minimum Gasteiger partial charge on any atom is -0.481 e. The number of aliphatic hydroxyl groups excluding tert-OH is 3. The fourth-order valence-electron chi connectivity index (χ4n) is 4.31. The highest BCUT2D eigenvalue weighted by atomic mass is 16.6. The summed E-state index contributed by atoms with van der Waals surface area (Å²) in [5.41, 5.74) is 0.697. The Bertz CT molecular complexity index is 732. The first-order valence-electron chi connectivity index (χ1n) is 12.6. The molecule has 9 nitrogen and oxygen atoms in total. The molecular formula is C26H42O9. The number of hydrogen-bond acceptors (Lipinski definition) is 8. The largest absolute Gasteiger partial charge is 0.481 e. The Balaban J connectivity index is 1.64. The Kier molecular flexibility index (Phi) is 12.4. The summed E-state index contributed by atoms with van der Waals surface area (Å²) in [6.07, 6.45) is 5.88. The van der Waals surface area contributed by atoms with E-state index in [0.29, 0.717) is 44.5 Å². The van der Waals surface area contributed by atoms with Gasteiger partial charge in [-0.3, -0.25) is 4.79 Å². The van der Waals surface area contributed by atoms with Crippen LogP contribution in [0.25, 0.3) is 0 Å². The highest BCUT2D eigenvalue weighted by molar-refractivity contribution is 5.82. The highest BCUT2D eigenvalue weighted by Gasteiger charge is 2.48. The molecule has 0 aromatic heterocycles. The lowest BCUT2D eigenvalue weighted by molar-refractivity contribution is -0.165. The van der Waals surface area contributed by atoms with Crippen molar-refractivity contribution in [2.75, 3.05) is 13.2 Å². The Morgan fingerprint density at radius 2 is 1.80 bits per heavy atom. The van der Waals surface area contributed by atoms with E-state index in [1.807, 2.05) is 19.1 Å². The molecule has 2 fully saturated rings. The Hall–Kier alpha value is -1.78. The quantitative estimate of drug-likeness (QED) is 0.0878. The van der Waals surface area contributed by atoms with Crippen LogP contribution in [-0.2, 0) is 23.8 Å². The maximum atomic E-state index is 12.0. The van der Waals surface area contributed by atoms with Crippen LogP contribution in [0.4, 0.5) is 0 Å². The third-order valence-corrected chi connectivity index (χ3v) is 6.76. The lowest BCUT2D eigenvalue weighted by atomic mass is 9.85. The number of aliphatic hydroxyl groups is 3. The molecule has 2 rings (SSSR count). The Labute approximate surface area is 207 Å². The van der Waals surface area contributed by atoms with Crippen molar-refractivity contribution in [2.45, 2.75) is 102 Å². The maximum Gasteiger partial charge on any atom is 0.330 e. The second-order valence-electron chi connectivity index (χ2n) is 9.85. The molecule has 2 saturated heterocycles. The van der Waals surface area contributed by atoms with E-state index < -0.39 is 36.4 Å². The van der Waals surface area contributed by atoms with E-state index in [-0.39, 0.29) is 30.5 Å². The van der Waals surface area contributed by atoms with E-state index in [2.05, 4.69) is 0 Å². The molecule has 35 heavy (non-hydrogen) atoms. The number of carbonyl (C=O) groups excluding carboxylic acids is 1. The first-order chi connectivity index (χ1) is 16.6. The van der Waals surface area contributed by atoms with E-state index in [1.165, 1.54) is 6.08 Å². The Morgan fingerprint density at radius 1 is 1.09 bits per heavy atom. The van der Waals surface area contributed by atoms with Crippen LogP contribution in [0.2, 0.25) is 0 Å². The summed E-state index contributed by atoms with van der Waals surface area (Å²) < 4.78 is 16.7. The van der Waals surface area contributed by atoms with Gasteiger partial charge in [0.1, 0.15) is 6.10 Å². The van der Waals surface area contributed by atoms with Crippen LogP contribution in [0.5, 0.6) is 0 Å². The third-order valence-electron chi connectivity index (χ3n) is 6.76. The van der Waals surface area contributed by atoms with Gasteiger partial charge in [0.25, 0.3) is 0 Å². The van der Waals surface area contributed by atoms with Gasteiger partial charge >= 0.3 is 11.9 Å². The van der Waals surface area contributed by atoms with Crippen molar-refractivity contribution in [3.63, 3.8) is 0 Å². The fourth-order valence-corrected chi connectivity index (χ4v) is 4.31. The van der Waals surface area contributed by atoms with Crippen LogP contribution in [0, 0.1) is 11.8 Å². The molecule has 0 saturated carbocycles. The van der Waals surface area contributed by atoms with Gasteiger partial charge in [0.15, 0.2) is 0 Å². The van der Waals surface area contributed by atoms with E-state index >= 15 is 0 Å². The minimum atomic E-state index is -1.07. The van der Waals surface area contributed by atoms with Crippen molar-refractivity contribution in [3.8, 4) is 0 Å². The molecule has 9 heteroatoms. The SMILES string of the molecule is CC(=CC(=O)OCCCCC=CCCC(=O)O)CC1OCC(CC2OC2C(C)C(C)O)C(O)C1O. The zero-order chi connectivity index (χ0) is 26.0. The summed E-state index contributed by atoms with van der Waals surface area (Å²) in [6, 6.07) is 0. The third kappa shape index (κ3) is 10.4. The van der Waals surface area contributed by atoms with E-state index in [1.54, 1.807) is 13.8 Å². The number of aliphatic carboxylic acids is 1. The summed E-state index contributed by atoms with van der Waals surface area (Å²) in [4.78, 5) is 22.5. The fraction of sp³-hybridized carbons (Fsp3) is 0.769. The van der Waals surface area contributed by atoms with Crippen molar-refractivity contribution in [1.82, 2.24) is 0 Å². The van der Waals surface area contributed by atoms with Crippen molar-refractivity contribution < 1.29 is 44.2 Å². The van der Waals surface area contributed by atoms with Gasteiger partial charge in [-0.2, -0.15) is 0 Å². The number of rotatable bonds is 15. The molecular weight excluding hydrogens is 456 g/mol. The van der Waals surface area contributed by atoms with Crippen LogP contribution in [0.3, 0.4) is 0 Å².